The summed E-state index contributed by atoms with van der Waals surface area (Å²) in [5.41, 5.74) is 1.36. The number of nitrogens with one attached hydrogen (secondary N) is 1. The molecule has 1 aromatic rings. The predicted octanol–water partition coefficient (Wildman–Crippen LogP) is 2.61. The normalized spacial score (nSPS) is 22.9. The average Bonchev–Trinajstić information content (AvgIpc) is 3.43. The largest absolute Gasteiger partial charge is 0.495 e. The molecule has 0 bridgehead atoms. The molecule has 10 heteroatoms. The molecule has 4 amide bonds. The van der Waals surface area contributed by atoms with E-state index in [1.54, 1.807) is 18.2 Å². The van der Waals surface area contributed by atoms with Gasteiger partial charge in [0.1, 0.15) is 5.75 Å². The number of likely N-dealkylation sites (tertiary alicyclic amines) is 2. The van der Waals surface area contributed by atoms with Crippen LogP contribution in [0.2, 0.25) is 0 Å². The molecule has 4 saturated heterocycles. The van der Waals surface area contributed by atoms with Crippen LogP contribution >= 0.6 is 0 Å². The number of benzene rings is 1. The van der Waals surface area contributed by atoms with Gasteiger partial charge in [-0.15, -0.1) is 0 Å². The molecule has 1 N–H and O–H groups in total. The lowest BCUT2D eigenvalue weighted by Crippen LogP contribution is -2.50. The van der Waals surface area contributed by atoms with Crippen LogP contribution in [0.1, 0.15) is 55.3 Å². The van der Waals surface area contributed by atoms with Gasteiger partial charge >= 0.3 is 6.03 Å². The minimum Gasteiger partial charge on any atom is -0.495 e. The molecule has 10 nitrogen and oxygen atoms in total. The first-order valence-electron chi connectivity index (χ1n) is 13.5. The summed E-state index contributed by atoms with van der Waals surface area (Å²) in [5, 5.41) is 2.33. The number of rotatable bonds is 7. The van der Waals surface area contributed by atoms with Crippen molar-refractivity contribution in [2.45, 2.75) is 51.2 Å². The van der Waals surface area contributed by atoms with Crippen molar-refractivity contribution in [3.63, 3.8) is 0 Å². The van der Waals surface area contributed by atoms with Gasteiger partial charge in [0.05, 0.1) is 26.0 Å². The van der Waals surface area contributed by atoms with Gasteiger partial charge in [-0.1, -0.05) is 0 Å². The van der Waals surface area contributed by atoms with E-state index in [1.165, 1.54) is 24.9 Å². The van der Waals surface area contributed by atoms with Crippen LogP contribution in [0.15, 0.2) is 18.2 Å². The zero-order valence-corrected chi connectivity index (χ0v) is 21.7. The van der Waals surface area contributed by atoms with Crippen LogP contribution in [-0.2, 0) is 14.3 Å². The topological polar surface area (TPSA) is 101 Å². The molecule has 4 aliphatic rings. The Balaban J connectivity index is 1.14. The van der Waals surface area contributed by atoms with Crippen LogP contribution in [-0.4, -0.2) is 93.5 Å². The quantitative estimate of drug-likeness (QED) is 0.597. The maximum Gasteiger partial charge on any atom is 0.328 e. The van der Waals surface area contributed by atoms with Gasteiger partial charge < -0.3 is 24.0 Å². The number of piperidine rings is 2. The van der Waals surface area contributed by atoms with Gasteiger partial charge in [-0.05, 0) is 81.8 Å². The van der Waals surface area contributed by atoms with E-state index in [0.29, 0.717) is 35.6 Å². The lowest BCUT2D eigenvalue weighted by Gasteiger charge is -2.47. The van der Waals surface area contributed by atoms with Crippen molar-refractivity contribution in [2.75, 3.05) is 64.5 Å². The van der Waals surface area contributed by atoms with Crippen LogP contribution in [0.4, 0.5) is 10.5 Å². The number of carbonyl (C=O) groups is 3. The van der Waals surface area contributed by atoms with E-state index in [-0.39, 0.29) is 31.1 Å². The molecule has 5 rings (SSSR count). The number of methoxy groups -OCH3 is 1. The molecular weight excluding hydrogens is 476 g/mol. The summed E-state index contributed by atoms with van der Waals surface area (Å²) in [7, 11) is 1.53. The number of anilines is 1. The van der Waals surface area contributed by atoms with Crippen LogP contribution in [0.25, 0.3) is 0 Å². The van der Waals surface area contributed by atoms with Gasteiger partial charge in [-0.25, -0.2) is 4.79 Å². The summed E-state index contributed by atoms with van der Waals surface area (Å²) in [6.45, 7) is 6.49. The van der Waals surface area contributed by atoms with Crippen LogP contribution in [0.5, 0.6) is 5.75 Å². The minimum atomic E-state index is -0.495. The average molecular weight is 515 g/mol. The van der Waals surface area contributed by atoms with Crippen LogP contribution in [0.3, 0.4) is 0 Å². The Hall–Kier alpha value is -2.69. The highest BCUT2D eigenvalue weighted by molar-refractivity contribution is 6.07. The number of imide groups is 1. The molecule has 4 aliphatic heterocycles. The Morgan fingerprint density at radius 3 is 2.43 bits per heavy atom. The van der Waals surface area contributed by atoms with E-state index in [4.69, 9.17) is 14.2 Å². The van der Waals surface area contributed by atoms with E-state index in [0.717, 1.165) is 58.4 Å². The van der Waals surface area contributed by atoms with Crippen LogP contribution < -0.4 is 15.0 Å². The zero-order chi connectivity index (χ0) is 25.8. The molecule has 0 aliphatic carbocycles. The molecule has 0 unspecified atom stereocenters. The van der Waals surface area contributed by atoms with E-state index in [1.807, 2.05) is 4.90 Å². The minimum absolute atomic E-state index is 0.0130. The third-order valence-corrected chi connectivity index (χ3v) is 8.40. The van der Waals surface area contributed by atoms with Crippen molar-refractivity contribution in [3.8, 4) is 5.75 Å². The summed E-state index contributed by atoms with van der Waals surface area (Å²) in [4.78, 5) is 43.3. The Morgan fingerprint density at radius 2 is 1.76 bits per heavy atom. The summed E-state index contributed by atoms with van der Waals surface area (Å²) in [5.74, 6) is 0.170. The first-order chi connectivity index (χ1) is 18.0. The summed E-state index contributed by atoms with van der Waals surface area (Å²) in [6, 6.07) is 4.69. The Bertz CT molecular complexity index is 993. The van der Waals surface area contributed by atoms with E-state index < -0.39 is 6.03 Å². The molecule has 202 valence electrons. The SMILES string of the molecule is COc1ccc(C(=O)N2CCC3(CCN(CCCC4OCCO4)CC3)CC2)cc1N1CCC(=O)NC1=O. The van der Waals surface area contributed by atoms with Gasteiger partial charge in [0.2, 0.25) is 5.91 Å². The van der Waals surface area contributed by atoms with Gasteiger partial charge in [-0.2, -0.15) is 0 Å². The number of amides is 4. The lowest BCUT2D eigenvalue weighted by atomic mass is 9.71. The smallest absolute Gasteiger partial charge is 0.328 e. The molecule has 1 spiro atoms. The monoisotopic (exact) mass is 514 g/mol. The van der Waals surface area contributed by atoms with Gasteiger partial charge in [0.15, 0.2) is 6.29 Å². The van der Waals surface area contributed by atoms with Crippen molar-refractivity contribution < 1.29 is 28.6 Å². The Kier molecular flexibility index (Phi) is 7.97. The van der Waals surface area contributed by atoms with Gasteiger partial charge in [-0.3, -0.25) is 19.8 Å². The van der Waals surface area contributed by atoms with E-state index in [2.05, 4.69) is 10.2 Å². The Labute approximate surface area is 218 Å². The molecule has 0 atom stereocenters. The molecule has 4 heterocycles. The van der Waals surface area contributed by atoms with Crippen molar-refractivity contribution in [1.29, 1.82) is 0 Å². The van der Waals surface area contributed by atoms with Crippen LogP contribution in [0, 0.1) is 5.41 Å². The van der Waals surface area contributed by atoms with Gasteiger partial charge in [0.25, 0.3) is 5.91 Å². The zero-order valence-electron chi connectivity index (χ0n) is 21.7. The molecule has 4 fully saturated rings. The molecule has 0 radical (unpaired) electrons. The van der Waals surface area contributed by atoms with Crippen molar-refractivity contribution in [1.82, 2.24) is 15.1 Å². The Morgan fingerprint density at radius 1 is 1.05 bits per heavy atom. The number of urea groups is 1. The number of nitrogens with zero attached hydrogens (tertiary/aromatic N) is 3. The number of hydrogen-bond acceptors (Lipinski definition) is 7. The second-order valence-corrected chi connectivity index (χ2v) is 10.6. The number of carbonyl (C=O) groups excluding carboxylic acids is 3. The third-order valence-electron chi connectivity index (χ3n) is 8.40. The maximum atomic E-state index is 13.4. The standard InChI is InChI=1S/C27H38N4O6/c1-35-22-5-4-20(19-21(22)31-12-6-23(32)28-26(31)34)25(33)30-15-9-27(10-16-30)7-13-29(14-8-27)11-2-3-24-36-17-18-37-24/h4-5,19,24H,2-3,6-18H2,1H3,(H,28,32,34). The van der Waals surface area contributed by atoms with E-state index in [9.17, 15) is 14.4 Å². The van der Waals surface area contributed by atoms with Crippen molar-refractivity contribution in [2.24, 2.45) is 5.41 Å². The predicted molar refractivity (Wildman–Crippen MR) is 137 cm³/mol. The first-order valence-corrected chi connectivity index (χ1v) is 13.5. The lowest BCUT2D eigenvalue weighted by molar-refractivity contribution is -0.120. The number of hydrogen-bond donors (Lipinski definition) is 1. The summed E-state index contributed by atoms with van der Waals surface area (Å²) >= 11 is 0. The molecular formula is C27H38N4O6. The fraction of sp³-hybridized carbons (Fsp3) is 0.667. The highest BCUT2D eigenvalue weighted by atomic mass is 16.7. The van der Waals surface area contributed by atoms with Gasteiger partial charge in [0, 0.05) is 31.6 Å². The molecule has 0 saturated carbocycles. The van der Waals surface area contributed by atoms with E-state index >= 15 is 0 Å². The van der Waals surface area contributed by atoms with Crippen molar-refractivity contribution in [3.05, 3.63) is 23.8 Å². The summed E-state index contributed by atoms with van der Waals surface area (Å²) < 4.78 is 16.5. The first kappa shape index (κ1) is 25.9. The maximum absolute atomic E-state index is 13.4. The molecule has 1 aromatic carbocycles. The van der Waals surface area contributed by atoms with Crippen molar-refractivity contribution >= 4 is 23.5 Å². The summed E-state index contributed by atoms with van der Waals surface area (Å²) in [6.07, 6.45) is 6.67. The third kappa shape index (κ3) is 5.91. The highest BCUT2D eigenvalue weighted by Gasteiger charge is 2.39. The fourth-order valence-corrected chi connectivity index (χ4v) is 6.00. The second-order valence-electron chi connectivity index (χ2n) is 10.6. The highest BCUT2D eigenvalue weighted by Crippen LogP contribution is 2.42. The molecule has 37 heavy (non-hydrogen) atoms. The second kappa shape index (κ2) is 11.4. The fourth-order valence-electron chi connectivity index (χ4n) is 6.00. The molecule has 0 aromatic heterocycles. The number of ether oxygens (including phenoxy) is 3.